The molecule has 1 aliphatic rings. The van der Waals surface area contributed by atoms with Crippen LogP contribution in [-0.4, -0.2) is 52.4 Å². The number of aliphatic carboxylic acids is 2. The van der Waals surface area contributed by atoms with Crippen molar-refractivity contribution in [1.29, 1.82) is 0 Å². The molecule has 1 aliphatic heterocycles. The lowest BCUT2D eigenvalue weighted by Crippen LogP contribution is -2.27. The highest BCUT2D eigenvalue weighted by Gasteiger charge is 2.13. The number of amides is 1. The van der Waals surface area contributed by atoms with Crippen molar-refractivity contribution in [3.05, 3.63) is 0 Å². The summed E-state index contributed by atoms with van der Waals surface area (Å²) in [5, 5.41) is 14.8. The van der Waals surface area contributed by atoms with Crippen molar-refractivity contribution in [1.82, 2.24) is 4.90 Å². The topological polar surface area (TPSA) is 107 Å². The van der Waals surface area contributed by atoms with Gasteiger partial charge in [0.15, 0.2) is 0 Å². The second-order valence-electron chi connectivity index (χ2n) is 5.80. The summed E-state index contributed by atoms with van der Waals surface area (Å²) in [6, 6.07) is 0. The number of carboxylic acids is 2. The Labute approximate surface area is 143 Å². The molecular formula is C17H30N2O5. The molecule has 0 saturated heterocycles. The van der Waals surface area contributed by atoms with E-state index in [-0.39, 0.29) is 5.91 Å². The number of rotatable bonds is 10. The van der Waals surface area contributed by atoms with E-state index in [4.69, 9.17) is 19.8 Å². The summed E-state index contributed by atoms with van der Waals surface area (Å²) in [6.45, 7) is 3.82. The van der Waals surface area contributed by atoms with Crippen LogP contribution < -0.4 is 0 Å². The number of unbranched alkanes of at least 4 members (excludes halogenated alkanes) is 8. The molecule has 1 amide bonds. The molecule has 0 atom stereocenters. The van der Waals surface area contributed by atoms with E-state index in [1.165, 1.54) is 51.4 Å². The van der Waals surface area contributed by atoms with Gasteiger partial charge in [0, 0.05) is 13.0 Å². The minimum absolute atomic E-state index is 0.249. The fourth-order valence-electron chi connectivity index (χ4n) is 2.30. The third-order valence-electron chi connectivity index (χ3n) is 3.69. The fraction of sp³-hybridized carbons (Fsp3) is 0.765. The Bertz CT molecular complexity index is 398. The Morgan fingerprint density at radius 3 is 1.83 bits per heavy atom. The van der Waals surface area contributed by atoms with Crippen molar-refractivity contribution >= 4 is 24.2 Å². The maximum absolute atomic E-state index is 11.7. The van der Waals surface area contributed by atoms with Gasteiger partial charge in [-0.1, -0.05) is 58.3 Å². The molecule has 0 bridgehead atoms. The van der Waals surface area contributed by atoms with Crippen LogP contribution in [0, 0.1) is 0 Å². The highest BCUT2D eigenvalue weighted by molar-refractivity contribution is 6.27. The van der Waals surface area contributed by atoms with Gasteiger partial charge in [-0.05, 0) is 6.42 Å². The van der Waals surface area contributed by atoms with Gasteiger partial charge in [-0.3, -0.25) is 9.79 Å². The Morgan fingerprint density at radius 1 is 0.917 bits per heavy atom. The minimum Gasteiger partial charge on any atom is -0.473 e. The largest absolute Gasteiger partial charge is 0.473 e. The van der Waals surface area contributed by atoms with Crippen LogP contribution in [0.25, 0.3) is 0 Å². The molecule has 1 rings (SSSR count). The summed E-state index contributed by atoms with van der Waals surface area (Å²) in [7, 11) is 0. The molecule has 0 aromatic heterocycles. The zero-order valence-electron chi connectivity index (χ0n) is 14.6. The zero-order chi connectivity index (χ0) is 18.2. The van der Waals surface area contributed by atoms with Gasteiger partial charge in [0.2, 0.25) is 5.91 Å². The van der Waals surface area contributed by atoms with Crippen LogP contribution in [0.3, 0.4) is 0 Å². The van der Waals surface area contributed by atoms with Crippen LogP contribution >= 0.6 is 0 Å². The molecule has 0 aliphatic carbocycles. The van der Waals surface area contributed by atoms with Crippen molar-refractivity contribution in [2.45, 2.75) is 71.1 Å². The van der Waals surface area contributed by atoms with E-state index in [0.29, 0.717) is 6.42 Å². The minimum atomic E-state index is -1.82. The van der Waals surface area contributed by atoms with Crippen molar-refractivity contribution in [3.8, 4) is 0 Å². The predicted octanol–water partition coefficient (Wildman–Crippen LogP) is 2.93. The molecule has 138 valence electrons. The number of carboxylic acid groups (broad SMARTS) is 2. The standard InChI is InChI=1S/C15H28N2O.C2H2O4/c1-2-3-4-5-6-7-8-9-10-11-15(18)17-13-12-16-14-17;3-1(4)2(5)6/h14H,2-13H2,1H3;(H,3,4)(H,5,6). The van der Waals surface area contributed by atoms with Crippen LogP contribution in [0.5, 0.6) is 0 Å². The lowest BCUT2D eigenvalue weighted by atomic mass is 10.1. The number of carbonyl (C=O) groups excluding carboxylic acids is 1. The first-order valence-electron chi connectivity index (χ1n) is 8.74. The monoisotopic (exact) mass is 342 g/mol. The van der Waals surface area contributed by atoms with E-state index in [0.717, 1.165) is 19.5 Å². The van der Waals surface area contributed by atoms with Crippen LogP contribution in [-0.2, 0) is 14.4 Å². The van der Waals surface area contributed by atoms with Gasteiger partial charge in [-0.15, -0.1) is 0 Å². The highest BCUT2D eigenvalue weighted by atomic mass is 16.4. The highest BCUT2D eigenvalue weighted by Crippen LogP contribution is 2.11. The number of aliphatic imine (C=N–C) groups is 1. The molecule has 0 aromatic carbocycles. The molecule has 2 N–H and O–H groups in total. The Kier molecular flexibility index (Phi) is 13.5. The maximum Gasteiger partial charge on any atom is 0.414 e. The maximum atomic E-state index is 11.7. The molecule has 1 heterocycles. The van der Waals surface area contributed by atoms with Gasteiger partial charge in [0.05, 0.1) is 12.9 Å². The van der Waals surface area contributed by atoms with Crippen LogP contribution in [0.1, 0.15) is 71.1 Å². The van der Waals surface area contributed by atoms with Crippen molar-refractivity contribution in [2.24, 2.45) is 4.99 Å². The lowest BCUT2D eigenvalue weighted by Gasteiger charge is -2.11. The number of hydrogen-bond donors (Lipinski definition) is 2. The normalized spacial score (nSPS) is 12.6. The van der Waals surface area contributed by atoms with Crippen molar-refractivity contribution in [2.75, 3.05) is 13.1 Å². The van der Waals surface area contributed by atoms with Crippen LogP contribution in [0.15, 0.2) is 4.99 Å². The van der Waals surface area contributed by atoms with Crippen LogP contribution in [0.4, 0.5) is 0 Å². The van der Waals surface area contributed by atoms with E-state index in [1.807, 2.05) is 0 Å². The first-order chi connectivity index (χ1) is 11.5. The summed E-state index contributed by atoms with van der Waals surface area (Å²) in [5.74, 6) is -3.40. The van der Waals surface area contributed by atoms with E-state index in [1.54, 1.807) is 11.2 Å². The number of nitrogens with zero attached hydrogens (tertiary/aromatic N) is 2. The average molecular weight is 342 g/mol. The zero-order valence-corrected chi connectivity index (χ0v) is 14.6. The number of hydrogen-bond acceptors (Lipinski definition) is 4. The Balaban J connectivity index is 0.000000754. The first kappa shape index (κ1) is 22.1. The molecule has 0 spiro atoms. The molecule has 0 unspecified atom stereocenters. The smallest absolute Gasteiger partial charge is 0.414 e. The van der Waals surface area contributed by atoms with Gasteiger partial charge >= 0.3 is 11.9 Å². The molecule has 7 heteroatoms. The summed E-state index contributed by atoms with van der Waals surface area (Å²) in [5.41, 5.74) is 0. The van der Waals surface area contributed by atoms with Gasteiger partial charge in [-0.2, -0.15) is 0 Å². The van der Waals surface area contributed by atoms with Gasteiger partial charge in [0.25, 0.3) is 0 Å². The van der Waals surface area contributed by atoms with Crippen molar-refractivity contribution in [3.63, 3.8) is 0 Å². The second-order valence-corrected chi connectivity index (χ2v) is 5.80. The number of carbonyl (C=O) groups is 3. The second kappa shape index (κ2) is 14.7. The lowest BCUT2D eigenvalue weighted by molar-refractivity contribution is -0.159. The summed E-state index contributed by atoms with van der Waals surface area (Å²) in [6.07, 6.45) is 14.1. The SMILES string of the molecule is CCCCCCCCCCCC(=O)N1C=NCC1.O=C(O)C(=O)O. The molecule has 0 fully saturated rings. The summed E-state index contributed by atoms with van der Waals surface area (Å²) < 4.78 is 0. The molecule has 0 radical (unpaired) electrons. The molecule has 0 aromatic rings. The van der Waals surface area contributed by atoms with Gasteiger partial charge in [-0.25, -0.2) is 9.59 Å². The fourth-order valence-corrected chi connectivity index (χ4v) is 2.30. The first-order valence-corrected chi connectivity index (χ1v) is 8.74. The van der Waals surface area contributed by atoms with E-state index in [9.17, 15) is 4.79 Å². The van der Waals surface area contributed by atoms with E-state index in [2.05, 4.69) is 11.9 Å². The molecular weight excluding hydrogens is 312 g/mol. The molecule has 24 heavy (non-hydrogen) atoms. The molecule has 0 saturated carbocycles. The quantitative estimate of drug-likeness (QED) is 0.469. The molecule has 7 nitrogen and oxygen atoms in total. The van der Waals surface area contributed by atoms with Crippen LogP contribution in [0.2, 0.25) is 0 Å². The third kappa shape index (κ3) is 12.6. The average Bonchev–Trinajstić information content (AvgIpc) is 3.08. The predicted molar refractivity (Wildman–Crippen MR) is 92.2 cm³/mol. The third-order valence-corrected chi connectivity index (χ3v) is 3.69. The van der Waals surface area contributed by atoms with Crippen molar-refractivity contribution < 1.29 is 24.6 Å². The summed E-state index contributed by atoms with van der Waals surface area (Å²) in [4.78, 5) is 35.7. The van der Waals surface area contributed by atoms with E-state index < -0.39 is 11.9 Å². The van der Waals surface area contributed by atoms with E-state index >= 15 is 0 Å². The van der Waals surface area contributed by atoms with Gasteiger partial charge < -0.3 is 15.1 Å². The Morgan fingerprint density at radius 2 is 1.42 bits per heavy atom. The Hall–Kier alpha value is -1.92. The van der Waals surface area contributed by atoms with Gasteiger partial charge in [0.1, 0.15) is 0 Å². The summed E-state index contributed by atoms with van der Waals surface area (Å²) >= 11 is 0.